The van der Waals surface area contributed by atoms with Crippen molar-refractivity contribution >= 4 is 21.7 Å². The lowest BCUT2D eigenvalue weighted by atomic mass is 10.2. The first-order valence-corrected chi connectivity index (χ1v) is 6.73. The van der Waals surface area contributed by atoms with Crippen LogP contribution in [-0.4, -0.2) is 21.5 Å². The summed E-state index contributed by atoms with van der Waals surface area (Å²) in [5.41, 5.74) is 1.16. The van der Waals surface area contributed by atoms with Gasteiger partial charge in [0, 0.05) is 31.6 Å². The van der Waals surface area contributed by atoms with E-state index in [-0.39, 0.29) is 0 Å². The van der Waals surface area contributed by atoms with Crippen LogP contribution in [0.4, 0.5) is 5.82 Å². The molecule has 0 unspecified atom stereocenters. The molecule has 2 aromatic heterocycles. The van der Waals surface area contributed by atoms with Gasteiger partial charge in [-0.25, -0.2) is 9.97 Å². The van der Waals surface area contributed by atoms with Gasteiger partial charge < -0.3 is 5.32 Å². The molecule has 1 N–H and O–H groups in total. The number of hydrogen-bond acceptors (Lipinski definition) is 4. The van der Waals surface area contributed by atoms with E-state index in [2.05, 4.69) is 43.1 Å². The third kappa shape index (κ3) is 3.50. The van der Waals surface area contributed by atoms with Crippen molar-refractivity contribution in [3.8, 4) is 0 Å². The normalized spacial score (nSPS) is 10.3. The largest absolute Gasteiger partial charge is 0.369 e. The molecule has 18 heavy (non-hydrogen) atoms. The van der Waals surface area contributed by atoms with Crippen LogP contribution < -0.4 is 5.32 Å². The van der Waals surface area contributed by atoms with Gasteiger partial charge in [-0.2, -0.15) is 0 Å². The highest BCUT2D eigenvalue weighted by molar-refractivity contribution is 9.10. The number of rotatable bonds is 5. The first-order valence-electron chi connectivity index (χ1n) is 5.93. The lowest BCUT2D eigenvalue weighted by Crippen LogP contribution is -2.06. The molecule has 94 valence electrons. The summed E-state index contributed by atoms with van der Waals surface area (Å²) in [4.78, 5) is 12.8. The molecule has 0 fully saturated rings. The van der Waals surface area contributed by atoms with E-state index >= 15 is 0 Å². The van der Waals surface area contributed by atoms with Crippen LogP contribution in [0, 0.1) is 0 Å². The van der Waals surface area contributed by atoms with Crippen molar-refractivity contribution in [1.82, 2.24) is 15.0 Å². The Kier molecular flexibility index (Phi) is 4.64. The van der Waals surface area contributed by atoms with Gasteiger partial charge in [0.15, 0.2) is 0 Å². The molecule has 0 amide bonds. The van der Waals surface area contributed by atoms with Gasteiger partial charge in [-0.3, -0.25) is 4.98 Å². The monoisotopic (exact) mass is 306 g/mol. The summed E-state index contributed by atoms with van der Waals surface area (Å²) in [7, 11) is 0. The topological polar surface area (TPSA) is 50.7 Å². The van der Waals surface area contributed by atoms with Gasteiger partial charge >= 0.3 is 0 Å². The lowest BCUT2D eigenvalue weighted by Gasteiger charge is -2.08. The maximum atomic E-state index is 4.52. The fourth-order valence-corrected chi connectivity index (χ4v) is 1.87. The Morgan fingerprint density at radius 1 is 1.28 bits per heavy atom. The number of anilines is 1. The summed E-state index contributed by atoms with van der Waals surface area (Å²) < 4.78 is 0.898. The minimum Gasteiger partial charge on any atom is -0.369 e. The second kappa shape index (κ2) is 6.44. The molecule has 0 aliphatic carbocycles. The fourth-order valence-electron chi connectivity index (χ4n) is 1.54. The Bertz CT molecular complexity index is 502. The molecule has 5 heteroatoms. The zero-order valence-electron chi connectivity index (χ0n) is 10.2. The Hall–Kier alpha value is -1.49. The predicted molar refractivity (Wildman–Crippen MR) is 75.6 cm³/mol. The highest BCUT2D eigenvalue weighted by Crippen LogP contribution is 2.19. The van der Waals surface area contributed by atoms with Crippen molar-refractivity contribution < 1.29 is 0 Å². The van der Waals surface area contributed by atoms with E-state index < -0.39 is 0 Å². The van der Waals surface area contributed by atoms with Crippen molar-refractivity contribution in [2.45, 2.75) is 19.8 Å². The maximum absolute atomic E-state index is 4.52. The second-order valence-electron chi connectivity index (χ2n) is 3.94. The Balaban J connectivity index is 2.14. The van der Waals surface area contributed by atoms with Crippen LogP contribution in [0.15, 0.2) is 35.2 Å². The van der Waals surface area contributed by atoms with Crippen molar-refractivity contribution in [1.29, 1.82) is 0 Å². The van der Waals surface area contributed by atoms with Gasteiger partial charge in [-0.1, -0.05) is 6.92 Å². The summed E-state index contributed by atoms with van der Waals surface area (Å²) in [5.74, 6) is 1.67. The second-order valence-corrected chi connectivity index (χ2v) is 4.80. The van der Waals surface area contributed by atoms with E-state index in [4.69, 9.17) is 0 Å². The van der Waals surface area contributed by atoms with E-state index in [1.165, 1.54) is 0 Å². The maximum Gasteiger partial charge on any atom is 0.144 e. The van der Waals surface area contributed by atoms with Gasteiger partial charge in [0.2, 0.25) is 0 Å². The highest BCUT2D eigenvalue weighted by Gasteiger charge is 2.05. The van der Waals surface area contributed by atoms with E-state index in [0.717, 1.165) is 41.1 Å². The number of nitrogens with zero attached hydrogens (tertiary/aromatic N) is 3. The van der Waals surface area contributed by atoms with Crippen LogP contribution in [0.1, 0.15) is 24.7 Å². The fraction of sp³-hybridized carbons (Fsp3) is 0.308. The molecular weight excluding hydrogens is 292 g/mol. The standard InChI is InChI=1S/C13H15BrN4/c1-2-5-16-13-11(14)9-17-12(18-13)8-10-3-6-15-7-4-10/h3-4,6-7,9H,2,5,8H2,1H3,(H,16,17,18). The van der Waals surface area contributed by atoms with Crippen LogP contribution in [0.2, 0.25) is 0 Å². The van der Waals surface area contributed by atoms with E-state index in [0.29, 0.717) is 0 Å². The highest BCUT2D eigenvalue weighted by atomic mass is 79.9. The average Bonchev–Trinajstić information content (AvgIpc) is 2.40. The zero-order valence-corrected chi connectivity index (χ0v) is 11.8. The first kappa shape index (κ1) is 13.0. The molecule has 0 spiro atoms. The molecule has 0 aliphatic rings. The molecule has 0 radical (unpaired) electrons. The summed E-state index contributed by atoms with van der Waals surface area (Å²) in [6, 6.07) is 3.95. The number of halogens is 1. The van der Waals surface area contributed by atoms with Crippen molar-refractivity contribution in [3.63, 3.8) is 0 Å². The molecule has 0 saturated heterocycles. The molecule has 0 aliphatic heterocycles. The summed E-state index contributed by atoms with van der Waals surface area (Å²) >= 11 is 3.45. The summed E-state index contributed by atoms with van der Waals surface area (Å²) in [5, 5.41) is 3.28. The van der Waals surface area contributed by atoms with E-state index in [1.807, 2.05) is 12.1 Å². The minimum absolute atomic E-state index is 0.719. The molecule has 0 aromatic carbocycles. The van der Waals surface area contributed by atoms with Crippen LogP contribution >= 0.6 is 15.9 Å². The van der Waals surface area contributed by atoms with Crippen LogP contribution in [0.25, 0.3) is 0 Å². The minimum atomic E-state index is 0.719. The molecule has 0 bridgehead atoms. The molecule has 4 nitrogen and oxygen atoms in total. The van der Waals surface area contributed by atoms with Crippen LogP contribution in [-0.2, 0) is 6.42 Å². The van der Waals surface area contributed by atoms with Crippen LogP contribution in [0.3, 0.4) is 0 Å². The first-order chi connectivity index (χ1) is 8.79. The third-order valence-electron chi connectivity index (χ3n) is 2.45. The number of pyridine rings is 1. The zero-order chi connectivity index (χ0) is 12.8. The number of hydrogen-bond donors (Lipinski definition) is 1. The molecule has 2 aromatic rings. The lowest BCUT2D eigenvalue weighted by molar-refractivity contribution is 0.926. The van der Waals surface area contributed by atoms with Gasteiger partial charge in [0.25, 0.3) is 0 Å². The summed E-state index contributed by atoms with van der Waals surface area (Å²) in [6.45, 7) is 3.03. The number of nitrogens with one attached hydrogen (secondary N) is 1. The van der Waals surface area contributed by atoms with Crippen molar-refractivity contribution in [2.75, 3.05) is 11.9 Å². The summed E-state index contributed by atoms with van der Waals surface area (Å²) in [6.07, 6.45) is 7.14. The van der Waals surface area contributed by atoms with Gasteiger partial charge in [-0.15, -0.1) is 0 Å². The molecule has 0 saturated carbocycles. The quantitative estimate of drug-likeness (QED) is 0.922. The van der Waals surface area contributed by atoms with Gasteiger partial charge in [-0.05, 0) is 40.0 Å². The molecule has 0 atom stereocenters. The van der Waals surface area contributed by atoms with Crippen LogP contribution in [0.5, 0.6) is 0 Å². The molecule has 2 rings (SSSR count). The van der Waals surface area contributed by atoms with Crippen molar-refractivity contribution in [3.05, 3.63) is 46.6 Å². The van der Waals surface area contributed by atoms with E-state index in [9.17, 15) is 0 Å². The van der Waals surface area contributed by atoms with Gasteiger partial charge in [0.05, 0.1) is 4.47 Å². The molecule has 2 heterocycles. The molecular formula is C13H15BrN4. The number of aromatic nitrogens is 3. The predicted octanol–water partition coefficient (Wildman–Crippen LogP) is 3.05. The Labute approximate surface area is 115 Å². The van der Waals surface area contributed by atoms with E-state index in [1.54, 1.807) is 18.6 Å². The Morgan fingerprint density at radius 3 is 2.78 bits per heavy atom. The smallest absolute Gasteiger partial charge is 0.144 e. The van der Waals surface area contributed by atoms with Crippen molar-refractivity contribution in [2.24, 2.45) is 0 Å². The average molecular weight is 307 g/mol. The SMILES string of the molecule is CCCNc1nc(Cc2ccncc2)ncc1Br. The van der Waals surface area contributed by atoms with Gasteiger partial charge in [0.1, 0.15) is 11.6 Å². The third-order valence-corrected chi connectivity index (χ3v) is 3.03. The Morgan fingerprint density at radius 2 is 2.06 bits per heavy atom.